The molecule has 0 spiro atoms. The molecule has 2 aromatic carbocycles. The fourth-order valence-electron chi connectivity index (χ4n) is 4.87. The Hall–Kier alpha value is -4.04. The molecule has 3 heterocycles. The van der Waals surface area contributed by atoms with E-state index in [1.807, 2.05) is 48.0 Å². The van der Waals surface area contributed by atoms with Crippen LogP contribution < -0.4 is 5.56 Å². The fourth-order valence-corrected chi connectivity index (χ4v) is 4.87. The highest BCUT2D eigenvalue weighted by molar-refractivity contribution is 5.82. The summed E-state index contributed by atoms with van der Waals surface area (Å²) in [6, 6.07) is 20.0. The largest absolute Gasteiger partial charge is 0.468 e. The molecule has 0 saturated carbocycles. The van der Waals surface area contributed by atoms with Crippen LogP contribution in [0.1, 0.15) is 53.2 Å². The third kappa shape index (κ3) is 4.99. The SMILES string of the molecule is CC[C@@H](c1nnnn1Cc1ccccc1)N(Cc1ccco1)Cc1cc2cc(C)cc(C)c2[nH]c1=O. The van der Waals surface area contributed by atoms with Crippen molar-refractivity contribution in [2.24, 2.45) is 0 Å². The number of benzene rings is 2. The standard InChI is InChI=1S/C28H30N6O2/c1-4-25(27-30-31-32-34(27)16-21-9-6-5-7-10-21)33(18-24-11-8-12-36-24)17-23-15-22-14-19(2)13-20(3)26(22)29-28(23)35/h5-15,25H,4,16-18H2,1-3H3,(H,29,35)/t25-/m0/s1. The predicted octanol–water partition coefficient (Wildman–Crippen LogP) is 4.93. The monoisotopic (exact) mass is 482 g/mol. The molecule has 0 fully saturated rings. The zero-order chi connectivity index (χ0) is 25.1. The van der Waals surface area contributed by atoms with Crippen molar-refractivity contribution in [1.82, 2.24) is 30.1 Å². The number of aromatic amines is 1. The van der Waals surface area contributed by atoms with Crippen LogP contribution in [-0.4, -0.2) is 30.1 Å². The molecule has 1 N–H and O–H groups in total. The lowest BCUT2D eigenvalue weighted by atomic mass is 10.0. The Morgan fingerprint density at radius 1 is 1.06 bits per heavy atom. The van der Waals surface area contributed by atoms with E-state index in [0.717, 1.165) is 45.6 Å². The van der Waals surface area contributed by atoms with Crippen LogP contribution in [0, 0.1) is 13.8 Å². The molecule has 3 aromatic heterocycles. The van der Waals surface area contributed by atoms with Crippen LogP contribution in [0.15, 0.2) is 76.1 Å². The van der Waals surface area contributed by atoms with Crippen LogP contribution in [0.2, 0.25) is 0 Å². The second-order valence-electron chi connectivity index (χ2n) is 9.26. The number of H-pyrrole nitrogens is 1. The van der Waals surface area contributed by atoms with Gasteiger partial charge in [0.2, 0.25) is 0 Å². The molecule has 0 amide bonds. The first-order valence-electron chi connectivity index (χ1n) is 12.2. The lowest BCUT2D eigenvalue weighted by molar-refractivity contribution is 0.149. The first-order chi connectivity index (χ1) is 17.5. The van der Waals surface area contributed by atoms with Gasteiger partial charge in [-0.3, -0.25) is 9.69 Å². The van der Waals surface area contributed by atoms with E-state index >= 15 is 0 Å². The van der Waals surface area contributed by atoms with Gasteiger partial charge < -0.3 is 9.40 Å². The van der Waals surface area contributed by atoms with Gasteiger partial charge in [-0.25, -0.2) is 4.68 Å². The van der Waals surface area contributed by atoms with Gasteiger partial charge in [0.1, 0.15) is 5.76 Å². The molecule has 0 saturated heterocycles. The molecule has 36 heavy (non-hydrogen) atoms. The zero-order valence-electron chi connectivity index (χ0n) is 20.8. The maximum Gasteiger partial charge on any atom is 0.252 e. The average Bonchev–Trinajstić information content (AvgIpc) is 3.54. The first-order valence-corrected chi connectivity index (χ1v) is 12.2. The lowest BCUT2D eigenvalue weighted by Crippen LogP contribution is -2.32. The molecular formula is C28H30N6O2. The van der Waals surface area contributed by atoms with Gasteiger partial charge in [-0.2, -0.15) is 0 Å². The minimum atomic E-state index is -0.122. The van der Waals surface area contributed by atoms with Crippen molar-refractivity contribution in [3.05, 3.63) is 111 Å². The van der Waals surface area contributed by atoms with E-state index in [9.17, 15) is 4.79 Å². The van der Waals surface area contributed by atoms with Crippen molar-refractivity contribution >= 4 is 10.9 Å². The second-order valence-corrected chi connectivity index (χ2v) is 9.26. The first kappa shape index (κ1) is 23.7. The molecule has 184 valence electrons. The Morgan fingerprint density at radius 3 is 2.64 bits per heavy atom. The van der Waals surface area contributed by atoms with E-state index in [0.29, 0.717) is 25.2 Å². The number of rotatable bonds is 9. The summed E-state index contributed by atoms with van der Waals surface area (Å²) in [4.78, 5) is 18.5. The number of nitrogens with one attached hydrogen (secondary N) is 1. The number of furan rings is 1. The van der Waals surface area contributed by atoms with Crippen molar-refractivity contribution in [2.75, 3.05) is 0 Å². The van der Waals surface area contributed by atoms with E-state index in [2.05, 4.69) is 63.5 Å². The average molecular weight is 483 g/mol. The molecule has 0 aliphatic heterocycles. The Bertz CT molecular complexity index is 1500. The van der Waals surface area contributed by atoms with Crippen molar-refractivity contribution in [2.45, 2.75) is 52.9 Å². The number of hydrogen-bond acceptors (Lipinski definition) is 6. The number of fused-ring (bicyclic) bond motifs is 1. The lowest BCUT2D eigenvalue weighted by Gasteiger charge is -2.29. The van der Waals surface area contributed by atoms with E-state index < -0.39 is 0 Å². The molecule has 0 aliphatic carbocycles. The van der Waals surface area contributed by atoms with Crippen molar-refractivity contribution in [1.29, 1.82) is 0 Å². The minimum Gasteiger partial charge on any atom is -0.468 e. The Morgan fingerprint density at radius 2 is 1.89 bits per heavy atom. The summed E-state index contributed by atoms with van der Waals surface area (Å²) < 4.78 is 7.53. The topological polar surface area (TPSA) is 92.8 Å². The van der Waals surface area contributed by atoms with Gasteiger partial charge in [0.25, 0.3) is 5.56 Å². The summed E-state index contributed by atoms with van der Waals surface area (Å²) in [5, 5.41) is 13.7. The number of aromatic nitrogens is 5. The van der Waals surface area contributed by atoms with E-state index in [1.165, 1.54) is 0 Å². The van der Waals surface area contributed by atoms with Crippen molar-refractivity contribution < 1.29 is 4.42 Å². The van der Waals surface area contributed by atoms with Gasteiger partial charge in [-0.05, 0) is 71.5 Å². The molecule has 1 atom stereocenters. The highest BCUT2D eigenvalue weighted by Gasteiger charge is 2.27. The van der Waals surface area contributed by atoms with Crippen molar-refractivity contribution in [3.8, 4) is 0 Å². The predicted molar refractivity (Wildman–Crippen MR) is 138 cm³/mol. The number of aryl methyl sites for hydroxylation is 2. The third-order valence-corrected chi connectivity index (χ3v) is 6.54. The normalized spacial score (nSPS) is 12.4. The van der Waals surface area contributed by atoms with Gasteiger partial charge in [0, 0.05) is 12.1 Å². The van der Waals surface area contributed by atoms with Crippen LogP contribution in [-0.2, 0) is 19.6 Å². The van der Waals surface area contributed by atoms with Crippen molar-refractivity contribution in [3.63, 3.8) is 0 Å². The minimum absolute atomic E-state index is 0.0855. The zero-order valence-corrected chi connectivity index (χ0v) is 20.8. The van der Waals surface area contributed by atoms with E-state index in [4.69, 9.17) is 4.42 Å². The number of tetrazole rings is 1. The Balaban J connectivity index is 1.52. The number of hydrogen-bond donors (Lipinski definition) is 1. The molecule has 0 unspecified atom stereocenters. The van der Waals surface area contributed by atoms with Gasteiger partial charge in [-0.15, -0.1) is 5.10 Å². The molecular weight excluding hydrogens is 452 g/mol. The molecule has 0 bridgehead atoms. The Kier molecular flexibility index (Phi) is 6.77. The molecule has 8 heteroatoms. The Labute approximate surface area is 209 Å². The molecule has 5 rings (SSSR count). The summed E-state index contributed by atoms with van der Waals surface area (Å²) in [6.07, 6.45) is 2.43. The molecule has 0 aliphatic rings. The molecule has 8 nitrogen and oxygen atoms in total. The summed E-state index contributed by atoms with van der Waals surface area (Å²) in [7, 11) is 0. The number of nitrogens with zero attached hydrogens (tertiary/aromatic N) is 5. The second kappa shape index (κ2) is 10.3. The van der Waals surface area contributed by atoms with Gasteiger partial charge in [-0.1, -0.05) is 48.9 Å². The number of pyridine rings is 1. The maximum absolute atomic E-state index is 13.2. The van der Waals surface area contributed by atoms with Crippen LogP contribution in [0.4, 0.5) is 0 Å². The highest BCUT2D eigenvalue weighted by atomic mass is 16.3. The highest BCUT2D eigenvalue weighted by Crippen LogP contribution is 2.27. The molecule has 0 radical (unpaired) electrons. The summed E-state index contributed by atoms with van der Waals surface area (Å²) in [5.41, 5.74) is 4.84. The van der Waals surface area contributed by atoms with Gasteiger partial charge in [0.05, 0.1) is 30.9 Å². The van der Waals surface area contributed by atoms with Crippen LogP contribution in [0.3, 0.4) is 0 Å². The van der Waals surface area contributed by atoms with Gasteiger partial charge >= 0.3 is 0 Å². The van der Waals surface area contributed by atoms with Crippen LogP contribution >= 0.6 is 0 Å². The fraction of sp³-hybridized carbons (Fsp3) is 0.286. The molecule has 5 aromatic rings. The van der Waals surface area contributed by atoms with Crippen LogP contribution in [0.5, 0.6) is 0 Å². The van der Waals surface area contributed by atoms with E-state index in [1.54, 1.807) is 6.26 Å². The van der Waals surface area contributed by atoms with E-state index in [-0.39, 0.29) is 11.6 Å². The van der Waals surface area contributed by atoms with Crippen LogP contribution in [0.25, 0.3) is 10.9 Å². The van der Waals surface area contributed by atoms with Gasteiger partial charge in [0.15, 0.2) is 5.82 Å². The summed E-state index contributed by atoms with van der Waals surface area (Å²) >= 11 is 0. The summed E-state index contributed by atoms with van der Waals surface area (Å²) in [5.74, 6) is 1.58. The third-order valence-electron chi connectivity index (χ3n) is 6.54. The quantitative estimate of drug-likeness (QED) is 0.320. The summed E-state index contributed by atoms with van der Waals surface area (Å²) in [6.45, 7) is 7.72. The smallest absolute Gasteiger partial charge is 0.252 e. The maximum atomic E-state index is 13.2.